The van der Waals surface area contributed by atoms with Gasteiger partial charge in [0.1, 0.15) is 0 Å². The van der Waals surface area contributed by atoms with E-state index in [0.717, 1.165) is 40.7 Å². The molecule has 0 saturated carbocycles. The highest BCUT2D eigenvalue weighted by Gasteiger charge is 2.26. The van der Waals surface area contributed by atoms with E-state index in [9.17, 15) is 4.79 Å². The molecule has 1 aliphatic carbocycles. The van der Waals surface area contributed by atoms with Crippen molar-refractivity contribution in [3.05, 3.63) is 93.2 Å². The topological polar surface area (TPSA) is 65.8 Å². The third-order valence-corrected chi connectivity index (χ3v) is 5.70. The first-order valence-corrected chi connectivity index (χ1v) is 10.1. The molecule has 1 aliphatic rings. The average molecular weight is 394 g/mol. The van der Waals surface area contributed by atoms with Crippen LogP contribution < -0.4 is 11.3 Å². The molecule has 1 atom stereocenters. The third-order valence-electron chi connectivity index (χ3n) is 5.70. The number of hydrogen-bond acceptors (Lipinski definition) is 3. The largest absolute Gasteiger partial charge is 0.323 e. The number of hydrogen-bond donors (Lipinski definition) is 1. The van der Waals surface area contributed by atoms with Crippen molar-refractivity contribution in [2.45, 2.75) is 25.8 Å². The van der Waals surface area contributed by atoms with Gasteiger partial charge in [0, 0.05) is 36.2 Å². The lowest BCUT2D eigenvalue weighted by Gasteiger charge is -2.21. The molecule has 0 amide bonds. The van der Waals surface area contributed by atoms with Crippen molar-refractivity contribution in [3.63, 3.8) is 0 Å². The van der Waals surface area contributed by atoms with E-state index >= 15 is 0 Å². The summed E-state index contributed by atoms with van der Waals surface area (Å²) in [5.41, 5.74) is 12.0. The van der Waals surface area contributed by atoms with Gasteiger partial charge in [0.25, 0.3) is 5.56 Å². The number of benzene rings is 2. The minimum Gasteiger partial charge on any atom is -0.323 e. The van der Waals surface area contributed by atoms with Crippen molar-refractivity contribution in [1.82, 2.24) is 14.3 Å². The zero-order valence-corrected chi connectivity index (χ0v) is 17.0. The van der Waals surface area contributed by atoms with Gasteiger partial charge in [-0.2, -0.15) is 5.10 Å². The van der Waals surface area contributed by atoms with Crippen molar-refractivity contribution in [1.29, 1.82) is 0 Å². The Morgan fingerprint density at radius 3 is 2.57 bits per heavy atom. The average Bonchev–Trinajstić information content (AvgIpc) is 3.36. The van der Waals surface area contributed by atoms with E-state index in [-0.39, 0.29) is 11.6 Å². The van der Waals surface area contributed by atoms with Crippen molar-refractivity contribution in [2.24, 2.45) is 12.8 Å². The Labute approximate surface area is 174 Å². The van der Waals surface area contributed by atoms with Gasteiger partial charge in [0.05, 0.1) is 17.1 Å². The van der Waals surface area contributed by atoms with Gasteiger partial charge in [-0.05, 0) is 54.5 Å². The first-order valence-electron chi connectivity index (χ1n) is 10.1. The summed E-state index contributed by atoms with van der Waals surface area (Å²) < 4.78 is 3.50. The van der Waals surface area contributed by atoms with Gasteiger partial charge in [-0.25, -0.2) is 0 Å². The number of nitrogens with zero attached hydrogens (tertiary/aromatic N) is 3. The normalized spacial score (nSPS) is 13.3. The number of para-hydroxylation sites is 1. The van der Waals surface area contributed by atoms with Gasteiger partial charge in [0.2, 0.25) is 0 Å². The molecule has 2 aromatic heterocycles. The molecular formula is C25H22N4O. The van der Waals surface area contributed by atoms with Crippen LogP contribution in [0.15, 0.2) is 59.7 Å². The van der Waals surface area contributed by atoms with Crippen LogP contribution in [0.25, 0.3) is 16.5 Å². The van der Waals surface area contributed by atoms with Gasteiger partial charge >= 0.3 is 0 Å². The highest BCUT2D eigenvalue weighted by molar-refractivity contribution is 5.95. The number of nitrogens with two attached hydrogens (primary N) is 1. The predicted octanol–water partition coefficient (Wildman–Crippen LogP) is 3.24. The summed E-state index contributed by atoms with van der Waals surface area (Å²) in [6.07, 6.45) is 5.39. The van der Waals surface area contributed by atoms with Crippen molar-refractivity contribution in [2.75, 3.05) is 0 Å². The first kappa shape index (κ1) is 18.4. The van der Waals surface area contributed by atoms with E-state index in [1.54, 1.807) is 15.4 Å². The Balaban J connectivity index is 1.86. The van der Waals surface area contributed by atoms with Crippen LogP contribution in [0.2, 0.25) is 0 Å². The fourth-order valence-electron chi connectivity index (χ4n) is 4.46. The van der Waals surface area contributed by atoms with Crippen LogP contribution in [-0.4, -0.2) is 14.3 Å². The summed E-state index contributed by atoms with van der Waals surface area (Å²) >= 11 is 0. The Hall–Kier alpha value is -3.62. The van der Waals surface area contributed by atoms with Crippen LogP contribution in [0.5, 0.6) is 0 Å². The molecule has 0 saturated heterocycles. The van der Waals surface area contributed by atoms with E-state index in [0.29, 0.717) is 5.39 Å². The molecule has 5 heteroatoms. The van der Waals surface area contributed by atoms with Gasteiger partial charge in [0.15, 0.2) is 0 Å². The van der Waals surface area contributed by atoms with E-state index in [1.165, 1.54) is 11.1 Å². The third kappa shape index (κ3) is 2.85. The lowest BCUT2D eigenvalue weighted by Crippen LogP contribution is -2.28. The maximum Gasteiger partial charge on any atom is 0.264 e. The summed E-state index contributed by atoms with van der Waals surface area (Å²) in [6, 6.07) is 13.5. The lowest BCUT2D eigenvalue weighted by molar-refractivity contribution is 0.718. The van der Waals surface area contributed by atoms with Crippen LogP contribution in [-0.2, 0) is 19.9 Å². The number of rotatable bonds is 2. The van der Waals surface area contributed by atoms with Gasteiger partial charge < -0.3 is 5.73 Å². The summed E-state index contributed by atoms with van der Waals surface area (Å²) in [7, 11) is 1.86. The predicted molar refractivity (Wildman–Crippen MR) is 119 cm³/mol. The maximum absolute atomic E-state index is 13.8. The zero-order chi connectivity index (χ0) is 20.8. The molecule has 4 aromatic rings. The molecule has 0 radical (unpaired) electrons. The second-order valence-electron chi connectivity index (χ2n) is 7.80. The van der Waals surface area contributed by atoms with E-state index in [2.05, 4.69) is 23.0 Å². The first-order chi connectivity index (χ1) is 14.5. The van der Waals surface area contributed by atoms with E-state index < -0.39 is 0 Å². The molecule has 0 bridgehead atoms. The van der Waals surface area contributed by atoms with Gasteiger partial charge in [-0.3, -0.25) is 14.0 Å². The van der Waals surface area contributed by atoms with Crippen LogP contribution in [0.1, 0.15) is 40.9 Å². The van der Waals surface area contributed by atoms with Crippen molar-refractivity contribution < 1.29 is 0 Å². The number of aromatic nitrogens is 3. The monoisotopic (exact) mass is 394 g/mol. The molecule has 30 heavy (non-hydrogen) atoms. The fourth-order valence-corrected chi connectivity index (χ4v) is 4.46. The zero-order valence-electron chi connectivity index (χ0n) is 17.0. The minimum atomic E-state index is -0.256. The maximum atomic E-state index is 13.8. The summed E-state index contributed by atoms with van der Waals surface area (Å²) in [5, 5.41) is 5.89. The molecule has 5 rings (SSSR count). The number of aryl methyl sites for hydroxylation is 3. The number of pyridine rings is 1. The molecule has 2 heterocycles. The van der Waals surface area contributed by atoms with E-state index in [1.807, 2.05) is 56.6 Å². The van der Waals surface area contributed by atoms with Crippen LogP contribution in [0, 0.1) is 11.8 Å². The fraction of sp³-hybridized carbons (Fsp3) is 0.200. The summed E-state index contributed by atoms with van der Waals surface area (Å²) in [4.78, 5) is 13.8. The Morgan fingerprint density at radius 1 is 1.07 bits per heavy atom. The molecule has 148 valence electrons. The minimum absolute atomic E-state index is 0.0634. The molecular weight excluding hydrogens is 372 g/mol. The second-order valence-corrected chi connectivity index (χ2v) is 7.80. The molecule has 0 fully saturated rings. The van der Waals surface area contributed by atoms with Crippen molar-refractivity contribution in [3.8, 4) is 17.5 Å². The molecule has 0 spiro atoms. The molecule has 1 unspecified atom stereocenters. The molecule has 0 aliphatic heterocycles. The van der Waals surface area contributed by atoms with Gasteiger partial charge in [-0.15, -0.1) is 0 Å². The Kier molecular flexibility index (Phi) is 4.30. The lowest BCUT2D eigenvalue weighted by atomic mass is 9.97. The molecule has 2 N–H and O–H groups in total. The quantitative estimate of drug-likeness (QED) is 0.531. The van der Waals surface area contributed by atoms with Crippen LogP contribution in [0.4, 0.5) is 0 Å². The second kappa shape index (κ2) is 7.01. The summed E-state index contributed by atoms with van der Waals surface area (Å²) in [5.74, 6) is 6.37. The highest BCUT2D eigenvalue weighted by atomic mass is 16.1. The highest BCUT2D eigenvalue weighted by Crippen LogP contribution is 2.35. The van der Waals surface area contributed by atoms with E-state index in [4.69, 9.17) is 5.73 Å². The molecule has 5 nitrogen and oxygen atoms in total. The Bertz CT molecular complexity index is 1400. The molecule has 2 aromatic carbocycles. The smallest absolute Gasteiger partial charge is 0.264 e. The van der Waals surface area contributed by atoms with Crippen LogP contribution in [0.3, 0.4) is 0 Å². The SMILES string of the molecule is CC(N)c1c2c3c(ccc(C#Cc4cnn(C)c4)c3c(=O)n1-c1ccccc1)CC2. The van der Waals surface area contributed by atoms with Crippen molar-refractivity contribution >= 4 is 10.8 Å². The summed E-state index contributed by atoms with van der Waals surface area (Å²) in [6.45, 7) is 1.95. The van der Waals surface area contributed by atoms with Gasteiger partial charge in [-0.1, -0.05) is 36.1 Å². The standard InChI is InChI=1S/C25H22N4O/c1-16(26)24-21-13-12-18-10-11-19(9-8-17-14-27-28(2)15-17)23(22(18)21)25(30)29(24)20-6-4-3-5-7-20/h3-7,10-11,14-16H,12-13,26H2,1-2H3. The van der Waals surface area contributed by atoms with Crippen LogP contribution >= 0.6 is 0 Å². The Morgan fingerprint density at radius 2 is 1.87 bits per heavy atom.